The van der Waals surface area contributed by atoms with Crippen LogP contribution in [0.4, 0.5) is 0 Å². The molecule has 0 bridgehead atoms. The number of nitrogens with zero attached hydrogens (tertiary/aromatic N) is 1. The van der Waals surface area contributed by atoms with Gasteiger partial charge < -0.3 is 9.84 Å². The number of likely N-dealkylation sites (tertiary alicyclic amines) is 1. The van der Waals surface area contributed by atoms with Crippen molar-refractivity contribution in [3.05, 3.63) is 29.8 Å². The van der Waals surface area contributed by atoms with Gasteiger partial charge in [-0.15, -0.1) is 0 Å². The molecule has 1 N–H and O–H groups in total. The van der Waals surface area contributed by atoms with E-state index in [4.69, 9.17) is 9.84 Å². The summed E-state index contributed by atoms with van der Waals surface area (Å²) in [6.45, 7) is 2.12. The molecule has 1 heterocycles. The molecule has 0 saturated carbocycles. The van der Waals surface area contributed by atoms with E-state index in [-0.39, 0.29) is 5.92 Å². The second-order valence-corrected chi connectivity index (χ2v) is 4.08. The van der Waals surface area contributed by atoms with Crippen LogP contribution in [0.25, 0.3) is 0 Å². The van der Waals surface area contributed by atoms with Crippen LogP contribution in [0.5, 0.6) is 5.75 Å². The van der Waals surface area contributed by atoms with Crippen LogP contribution < -0.4 is 4.74 Å². The van der Waals surface area contributed by atoms with Gasteiger partial charge in [-0.05, 0) is 17.7 Å². The Hall–Kier alpha value is -1.55. The first-order valence-corrected chi connectivity index (χ1v) is 5.27. The van der Waals surface area contributed by atoms with E-state index < -0.39 is 5.97 Å². The Bertz CT molecular complexity index is 368. The van der Waals surface area contributed by atoms with Crippen LogP contribution >= 0.6 is 0 Å². The van der Waals surface area contributed by atoms with Gasteiger partial charge in [-0.25, -0.2) is 0 Å². The summed E-state index contributed by atoms with van der Waals surface area (Å²) in [5.74, 6) is -0.0278. The molecule has 2 rings (SSSR count). The van der Waals surface area contributed by atoms with E-state index in [0.29, 0.717) is 13.1 Å². The molecular formula is C12H15NO3. The molecular weight excluding hydrogens is 206 g/mol. The van der Waals surface area contributed by atoms with Crippen LogP contribution in [0, 0.1) is 5.92 Å². The molecule has 16 heavy (non-hydrogen) atoms. The molecule has 0 aromatic heterocycles. The number of carbonyl (C=O) groups is 1. The maximum Gasteiger partial charge on any atom is 0.309 e. The second-order valence-electron chi connectivity index (χ2n) is 4.08. The van der Waals surface area contributed by atoms with Gasteiger partial charge in [0, 0.05) is 19.6 Å². The van der Waals surface area contributed by atoms with Crippen LogP contribution in [0.3, 0.4) is 0 Å². The molecule has 1 aromatic carbocycles. The summed E-state index contributed by atoms with van der Waals surface area (Å²) in [6, 6.07) is 7.85. The monoisotopic (exact) mass is 221 g/mol. The lowest BCUT2D eigenvalue weighted by molar-refractivity contribution is -0.147. The van der Waals surface area contributed by atoms with Gasteiger partial charge in [-0.1, -0.05) is 12.1 Å². The third kappa shape index (κ3) is 2.33. The second kappa shape index (κ2) is 4.53. The predicted molar refractivity (Wildman–Crippen MR) is 59.4 cm³/mol. The van der Waals surface area contributed by atoms with E-state index in [1.165, 1.54) is 5.56 Å². The number of benzene rings is 1. The molecule has 1 fully saturated rings. The highest BCUT2D eigenvalue weighted by Gasteiger charge is 2.31. The molecule has 86 valence electrons. The fourth-order valence-electron chi connectivity index (χ4n) is 1.84. The third-order valence-electron chi connectivity index (χ3n) is 2.87. The summed E-state index contributed by atoms with van der Waals surface area (Å²) in [5, 5.41) is 8.74. The Morgan fingerprint density at radius 1 is 1.44 bits per heavy atom. The number of aliphatic carboxylic acids is 1. The molecule has 0 aliphatic carbocycles. The van der Waals surface area contributed by atoms with Crippen molar-refractivity contribution in [1.82, 2.24) is 4.90 Å². The van der Waals surface area contributed by atoms with E-state index in [2.05, 4.69) is 4.90 Å². The molecule has 0 atom stereocenters. The molecule has 0 spiro atoms. The van der Waals surface area contributed by atoms with Crippen molar-refractivity contribution in [3.63, 3.8) is 0 Å². The molecule has 0 unspecified atom stereocenters. The Kier molecular flexibility index (Phi) is 3.10. The van der Waals surface area contributed by atoms with Gasteiger partial charge in [-0.3, -0.25) is 9.69 Å². The van der Waals surface area contributed by atoms with Crippen molar-refractivity contribution in [2.24, 2.45) is 5.92 Å². The standard InChI is InChI=1S/C12H15NO3/c1-16-11-4-2-9(3-5-11)6-13-7-10(8-13)12(14)15/h2-5,10H,6-8H2,1H3,(H,14,15). The first-order chi connectivity index (χ1) is 7.69. The van der Waals surface area contributed by atoms with Crippen LogP contribution in [0.15, 0.2) is 24.3 Å². The van der Waals surface area contributed by atoms with Gasteiger partial charge >= 0.3 is 5.97 Å². The van der Waals surface area contributed by atoms with Crippen molar-refractivity contribution in [2.75, 3.05) is 20.2 Å². The number of carboxylic acids is 1. The number of rotatable bonds is 4. The Balaban J connectivity index is 1.84. The average Bonchev–Trinajstić information content (AvgIpc) is 2.23. The summed E-state index contributed by atoms with van der Waals surface area (Å²) in [6.07, 6.45) is 0. The first kappa shape index (κ1) is 11.0. The minimum atomic E-state index is -0.689. The van der Waals surface area contributed by atoms with E-state index in [1.54, 1.807) is 7.11 Å². The molecule has 1 saturated heterocycles. The highest BCUT2D eigenvalue weighted by Crippen LogP contribution is 2.20. The molecule has 4 nitrogen and oxygen atoms in total. The Morgan fingerprint density at radius 2 is 2.06 bits per heavy atom. The maximum atomic E-state index is 10.6. The van der Waals surface area contributed by atoms with Crippen LogP contribution in [0.2, 0.25) is 0 Å². The highest BCUT2D eigenvalue weighted by molar-refractivity contribution is 5.71. The lowest BCUT2D eigenvalue weighted by atomic mass is 10.00. The van der Waals surface area contributed by atoms with Crippen molar-refractivity contribution >= 4 is 5.97 Å². The smallest absolute Gasteiger partial charge is 0.309 e. The Morgan fingerprint density at radius 3 is 2.56 bits per heavy atom. The minimum absolute atomic E-state index is 0.182. The van der Waals surface area contributed by atoms with E-state index in [1.807, 2.05) is 24.3 Å². The zero-order valence-electron chi connectivity index (χ0n) is 9.22. The maximum absolute atomic E-state index is 10.6. The number of carboxylic acid groups (broad SMARTS) is 1. The fraction of sp³-hybridized carbons (Fsp3) is 0.417. The normalized spacial score (nSPS) is 16.8. The summed E-state index contributed by atoms with van der Waals surface area (Å²) in [5.41, 5.74) is 1.18. The molecule has 1 aliphatic rings. The summed E-state index contributed by atoms with van der Waals surface area (Å²) in [4.78, 5) is 12.7. The van der Waals surface area contributed by atoms with Gasteiger partial charge in [0.25, 0.3) is 0 Å². The summed E-state index contributed by atoms with van der Waals surface area (Å²) in [7, 11) is 1.64. The number of ether oxygens (including phenoxy) is 1. The Labute approximate surface area is 94.4 Å². The predicted octanol–water partition coefficient (Wildman–Crippen LogP) is 1.21. The van der Waals surface area contributed by atoms with Crippen molar-refractivity contribution in [1.29, 1.82) is 0 Å². The zero-order chi connectivity index (χ0) is 11.5. The molecule has 0 amide bonds. The topological polar surface area (TPSA) is 49.8 Å². The SMILES string of the molecule is COc1ccc(CN2CC(C(=O)O)C2)cc1. The third-order valence-corrected chi connectivity index (χ3v) is 2.87. The quantitative estimate of drug-likeness (QED) is 0.830. The summed E-state index contributed by atoms with van der Waals surface area (Å²) < 4.78 is 5.07. The lowest BCUT2D eigenvalue weighted by Gasteiger charge is -2.36. The van der Waals surface area contributed by atoms with Crippen LogP contribution in [0.1, 0.15) is 5.56 Å². The molecule has 4 heteroatoms. The highest BCUT2D eigenvalue weighted by atomic mass is 16.5. The largest absolute Gasteiger partial charge is 0.497 e. The average molecular weight is 221 g/mol. The molecule has 1 aromatic rings. The van der Waals surface area contributed by atoms with Gasteiger partial charge in [0.05, 0.1) is 13.0 Å². The van der Waals surface area contributed by atoms with Crippen molar-refractivity contribution < 1.29 is 14.6 Å². The first-order valence-electron chi connectivity index (χ1n) is 5.27. The number of hydrogen-bond donors (Lipinski definition) is 1. The van der Waals surface area contributed by atoms with Crippen molar-refractivity contribution in [2.45, 2.75) is 6.54 Å². The number of methoxy groups -OCH3 is 1. The van der Waals surface area contributed by atoms with Gasteiger partial charge in [-0.2, -0.15) is 0 Å². The van der Waals surface area contributed by atoms with Gasteiger partial charge in [0.1, 0.15) is 5.75 Å². The fourth-order valence-corrected chi connectivity index (χ4v) is 1.84. The molecule has 0 radical (unpaired) electrons. The van der Waals surface area contributed by atoms with Gasteiger partial charge in [0.15, 0.2) is 0 Å². The summed E-state index contributed by atoms with van der Waals surface area (Å²) >= 11 is 0. The number of hydrogen-bond acceptors (Lipinski definition) is 3. The van der Waals surface area contributed by atoms with Crippen LogP contribution in [-0.2, 0) is 11.3 Å². The van der Waals surface area contributed by atoms with Gasteiger partial charge in [0.2, 0.25) is 0 Å². The lowest BCUT2D eigenvalue weighted by Crippen LogP contribution is -2.49. The van der Waals surface area contributed by atoms with Crippen molar-refractivity contribution in [3.8, 4) is 5.75 Å². The zero-order valence-corrected chi connectivity index (χ0v) is 9.22. The van der Waals surface area contributed by atoms with E-state index >= 15 is 0 Å². The molecule has 1 aliphatic heterocycles. The van der Waals surface area contributed by atoms with Crippen LogP contribution in [-0.4, -0.2) is 36.2 Å². The van der Waals surface area contributed by atoms with E-state index in [9.17, 15) is 4.79 Å². The van der Waals surface area contributed by atoms with E-state index in [0.717, 1.165) is 12.3 Å². The minimum Gasteiger partial charge on any atom is -0.497 e.